The van der Waals surface area contributed by atoms with Crippen molar-refractivity contribution in [3.05, 3.63) is 47.7 Å². The number of hydrogen-bond donors (Lipinski definition) is 1. The summed E-state index contributed by atoms with van der Waals surface area (Å²) in [4.78, 5) is 4.20. The molecule has 0 aliphatic heterocycles. The number of hydrogen-bond acceptors (Lipinski definition) is 5. The third-order valence-electron chi connectivity index (χ3n) is 3.19. The Labute approximate surface area is 124 Å². The molecule has 1 unspecified atom stereocenters. The zero-order chi connectivity index (χ0) is 15.2. The Hall–Kier alpha value is -2.74. The monoisotopic (exact) mass is 283 g/mol. The molecular weight excluding hydrogens is 266 g/mol. The minimum atomic E-state index is -0.0215. The van der Waals surface area contributed by atoms with E-state index in [4.69, 9.17) is 14.7 Å². The summed E-state index contributed by atoms with van der Waals surface area (Å²) in [6, 6.07) is 11.3. The molecule has 0 radical (unpaired) electrons. The van der Waals surface area contributed by atoms with E-state index in [0.29, 0.717) is 22.9 Å². The highest BCUT2D eigenvalue weighted by Gasteiger charge is 2.12. The van der Waals surface area contributed by atoms with Gasteiger partial charge < -0.3 is 14.8 Å². The summed E-state index contributed by atoms with van der Waals surface area (Å²) in [6.45, 7) is 2.00. The Morgan fingerprint density at radius 3 is 2.62 bits per heavy atom. The highest BCUT2D eigenvalue weighted by atomic mass is 16.5. The summed E-state index contributed by atoms with van der Waals surface area (Å²) in [5, 5.41) is 12.3. The average molecular weight is 283 g/mol. The van der Waals surface area contributed by atoms with Gasteiger partial charge in [0.2, 0.25) is 0 Å². The standard InChI is InChI=1S/C16H17N3O2/c1-11(19-16-13(10-17)5-4-8-18-16)12-6-7-14(20-2)15(9-12)21-3/h4-9,11H,1-3H3,(H,18,19). The summed E-state index contributed by atoms with van der Waals surface area (Å²) >= 11 is 0. The second-order valence-corrected chi connectivity index (χ2v) is 4.49. The minimum Gasteiger partial charge on any atom is -0.493 e. The number of rotatable bonds is 5. The summed E-state index contributed by atoms with van der Waals surface area (Å²) in [7, 11) is 3.21. The topological polar surface area (TPSA) is 67.2 Å². The Kier molecular flexibility index (Phi) is 4.62. The third kappa shape index (κ3) is 3.23. The summed E-state index contributed by atoms with van der Waals surface area (Å²) in [6.07, 6.45) is 1.66. The zero-order valence-corrected chi connectivity index (χ0v) is 12.3. The molecule has 5 nitrogen and oxygen atoms in total. The van der Waals surface area contributed by atoms with Crippen LogP contribution in [0.1, 0.15) is 24.1 Å². The number of anilines is 1. The number of benzene rings is 1. The molecule has 21 heavy (non-hydrogen) atoms. The van der Waals surface area contributed by atoms with Crippen LogP contribution in [0, 0.1) is 11.3 Å². The second kappa shape index (κ2) is 6.62. The lowest BCUT2D eigenvalue weighted by molar-refractivity contribution is 0.354. The van der Waals surface area contributed by atoms with Gasteiger partial charge in [-0.05, 0) is 36.8 Å². The van der Waals surface area contributed by atoms with Gasteiger partial charge in [-0.25, -0.2) is 4.98 Å². The number of pyridine rings is 1. The molecule has 2 aromatic rings. The number of methoxy groups -OCH3 is 2. The van der Waals surface area contributed by atoms with E-state index in [9.17, 15) is 0 Å². The molecule has 0 saturated carbocycles. The molecule has 1 heterocycles. The van der Waals surface area contributed by atoms with Crippen LogP contribution < -0.4 is 14.8 Å². The van der Waals surface area contributed by atoms with E-state index < -0.39 is 0 Å². The number of aromatic nitrogens is 1. The van der Waals surface area contributed by atoms with Crippen molar-refractivity contribution >= 4 is 5.82 Å². The van der Waals surface area contributed by atoms with Crippen molar-refractivity contribution in [3.8, 4) is 17.6 Å². The van der Waals surface area contributed by atoms with E-state index in [0.717, 1.165) is 5.56 Å². The van der Waals surface area contributed by atoms with Crippen LogP contribution in [0.3, 0.4) is 0 Å². The number of nitriles is 1. The average Bonchev–Trinajstić information content (AvgIpc) is 2.54. The molecule has 0 saturated heterocycles. The lowest BCUT2D eigenvalue weighted by atomic mass is 10.1. The smallest absolute Gasteiger partial charge is 0.161 e. The van der Waals surface area contributed by atoms with Crippen molar-refractivity contribution in [2.75, 3.05) is 19.5 Å². The maximum absolute atomic E-state index is 9.09. The van der Waals surface area contributed by atoms with E-state index >= 15 is 0 Å². The molecular formula is C16H17N3O2. The molecule has 1 aromatic carbocycles. The van der Waals surface area contributed by atoms with Crippen LogP contribution in [0.15, 0.2) is 36.5 Å². The molecule has 108 valence electrons. The number of nitrogens with one attached hydrogen (secondary N) is 1. The van der Waals surface area contributed by atoms with Gasteiger partial charge in [-0.1, -0.05) is 6.07 Å². The molecule has 2 rings (SSSR count). The van der Waals surface area contributed by atoms with Gasteiger partial charge in [0, 0.05) is 6.20 Å². The van der Waals surface area contributed by atoms with Crippen LogP contribution in [0.2, 0.25) is 0 Å². The van der Waals surface area contributed by atoms with Crippen molar-refractivity contribution in [2.24, 2.45) is 0 Å². The first-order chi connectivity index (χ1) is 10.2. The molecule has 0 spiro atoms. The first-order valence-electron chi connectivity index (χ1n) is 6.53. The lowest BCUT2D eigenvalue weighted by Crippen LogP contribution is -2.09. The predicted octanol–water partition coefficient (Wildman–Crippen LogP) is 3.14. The normalized spacial score (nSPS) is 11.3. The molecule has 0 fully saturated rings. The first-order valence-corrected chi connectivity index (χ1v) is 6.53. The fourth-order valence-corrected chi connectivity index (χ4v) is 2.02. The fraction of sp³-hybridized carbons (Fsp3) is 0.250. The van der Waals surface area contributed by atoms with Crippen LogP contribution in [0.25, 0.3) is 0 Å². The third-order valence-corrected chi connectivity index (χ3v) is 3.19. The SMILES string of the molecule is COc1ccc(C(C)Nc2ncccc2C#N)cc1OC. The Morgan fingerprint density at radius 2 is 1.95 bits per heavy atom. The van der Waals surface area contributed by atoms with Gasteiger partial charge >= 0.3 is 0 Å². The van der Waals surface area contributed by atoms with Gasteiger partial charge in [-0.15, -0.1) is 0 Å². The summed E-state index contributed by atoms with van der Waals surface area (Å²) in [5.41, 5.74) is 1.53. The number of nitrogens with zero attached hydrogens (tertiary/aromatic N) is 2. The lowest BCUT2D eigenvalue weighted by Gasteiger charge is -2.17. The van der Waals surface area contributed by atoms with Gasteiger partial charge in [0.15, 0.2) is 11.5 Å². The first kappa shape index (κ1) is 14.7. The van der Waals surface area contributed by atoms with Crippen molar-refractivity contribution in [1.82, 2.24) is 4.98 Å². The van der Waals surface area contributed by atoms with Crippen molar-refractivity contribution in [3.63, 3.8) is 0 Å². The van der Waals surface area contributed by atoms with Gasteiger partial charge in [0.25, 0.3) is 0 Å². The van der Waals surface area contributed by atoms with E-state index in [1.807, 2.05) is 25.1 Å². The van der Waals surface area contributed by atoms with Crippen LogP contribution in [-0.2, 0) is 0 Å². The summed E-state index contributed by atoms with van der Waals surface area (Å²) < 4.78 is 10.5. The fourth-order valence-electron chi connectivity index (χ4n) is 2.02. The Morgan fingerprint density at radius 1 is 1.19 bits per heavy atom. The Balaban J connectivity index is 2.24. The Bertz CT molecular complexity index is 665. The van der Waals surface area contributed by atoms with E-state index in [-0.39, 0.29) is 6.04 Å². The molecule has 1 aromatic heterocycles. The molecule has 0 aliphatic rings. The zero-order valence-electron chi connectivity index (χ0n) is 12.3. The van der Waals surface area contributed by atoms with E-state index in [1.54, 1.807) is 32.5 Å². The maximum Gasteiger partial charge on any atom is 0.161 e. The molecule has 0 aliphatic carbocycles. The van der Waals surface area contributed by atoms with E-state index in [2.05, 4.69) is 16.4 Å². The molecule has 0 bridgehead atoms. The molecule has 5 heteroatoms. The summed E-state index contributed by atoms with van der Waals surface area (Å²) in [5.74, 6) is 1.93. The minimum absolute atomic E-state index is 0.0215. The highest BCUT2D eigenvalue weighted by molar-refractivity contribution is 5.53. The predicted molar refractivity (Wildman–Crippen MR) is 80.5 cm³/mol. The van der Waals surface area contributed by atoms with Gasteiger partial charge in [-0.3, -0.25) is 0 Å². The van der Waals surface area contributed by atoms with Gasteiger partial charge in [-0.2, -0.15) is 5.26 Å². The second-order valence-electron chi connectivity index (χ2n) is 4.49. The molecule has 1 atom stereocenters. The van der Waals surface area contributed by atoms with E-state index in [1.165, 1.54) is 0 Å². The quantitative estimate of drug-likeness (QED) is 0.913. The largest absolute Gasteiger partial charge is 0.493 e. The number of ether oxygens (including phenoxy) is 2. The van der Waals surface area contributed by atoms with Crippen LogP contribution in [0.5, 0.6) is 11.5 Å². The van der Waals surface area contributed by atoms with Crippen molar-refractivity contribution in [2.45, 2.75) is 13.0 Å². The van der Waals surface area contributed by atoms with Crippen molar-refractivity contribution < 1.29 is 9.47 Å². The highest BCUT2D eigenvalue weighted by Crippen LogP contribution is 2.31. The van der Waals surface area contributed by atoms with Gasteiger partial charge in [0.1, 0.15) is 11.9 Å². The van der Waals surface area contributed by atoms with Crippen molar-refractivity contribution in [1.29, 1.82) is 5.26 Å². The van der Waals surface area contributed by atoms with Gasteiger partial charge in [0.05, 0.1) is 25.8 Å². The maximum atomic E-state index is 9.09. The molecule has 0 amide bonds. The molecule has 1 N–H and O–H groups in total. The van der Waals surface area contributed by atoms with Crippen LogP contribution >= 0.6 is 0 Å². The van der Waals surface area contributed by atoms with Crippen LogP contribution in [0.4, 0.5) is 5.82 Å². The van der Waals surface area contributed by atoms with Crippen LogP contribution in [-0.4, -0.2) is 19.2 Å².